The van der Waals surface area contributed by atoms with Gasteiger partial charge < -0.3 is 9.47 Å². The van der Waals surface area contributed by atoms with Crippen molar-refractivity contribution in [1.29, 1.82) is 0 Å². The number of fused-ring (bicyclic) bond motifs is 8. The molecule has 9 rings (SSSR count). The van der Waals surface area contributed by atoms with Gasteiger partial charge in [0.1, 0.15) is 5.60 Å². The average Bonchev–Trinajstić information content (AvgIpc) is 2.87. The maximum Gasteiger partial charge on any atom is 0.351 e. The Balaban J connectivity index is 1.60. The van der Waals surface area contributed by atoms with E-state index in [0.717, 1.165) is 12.3 Å². The Labute approximate surface area is 256 Å². The Morgan fingerprint density at radius 1 is 0.738 bits per heavy atom. The lowest BCUT2D eigenvalue weighted by atomic mass is 9.22. The molecule has 0 aromatic carbocycles. The van der Waals surface area contributed by atoms with E-state index < -0.39 is 22.6 Å². The van der Waals surface area contributed by atoms with Crippen molar-refractivity contribution in [3.8, 4) is 0 Å². The second-order valence-electron chi connectivity index (χ2n) is 19.4. The largest absolute Gasteiger partial charge is 0.457 e. The van der Waals surface area contributed by atoms with Gasteiger partial charge in [-0.15, -0.1) is 0 Å². The van der Waals surface area contributed by atoms with Gasteiger partial charge in [0.05, 0.1) is 0 Å². The molecule has 0 amide bonds. The molecule has 4 nitrogen and oxygen atoms in total. The first kappa shape index (κ1) is 30.7. The zero-order chi connectivity index (χ0) is 31.3. The topological polar surface area (TPSA) is 52.6 Å². The quantitative estimate of drug-likeness (QED) is 0.240. The molecule has 9 aliphatic carbocycles. The van der Waals surface area contributed by atoms with Gasteiger partial charge in [0.25, 0.3) is 0 Å². The zero-order valence-electron chi connectivity index (χ0n) is 28.9. The Bertz CT molecular complexity index is 1200. The Kier molecular flexibility index (Phi) is 6.20. The average molecular weight is 581 g/mol. The zero-order valence-corrected chi connectivity index (χ0v) is 28.9. The van der Waals surface area contributed by atoms with Crippen LogP contribution in [0.3, 0.4) is 0 Å². The number of carbonyl (C=O) groups excluding carboxylic acids is 2. The predicted molar refractivity (Wildman–Crippen MR) is 167 cm³/mol. The number of esters is 2. The van der Waals surface area contributed by atoms with E-state index in [2.05, 4.69) is 68.9 Å². The van der Waals surface area contributed by atoms with Gasteiger partial charge >= 0.3 is 11.9 Å². The standard InChI is InChI=1S/C38H60O4/c1-14-29(39)41-38(30(40)42-31(2,3)4)21-24-20-27(34(24,9)10)37(38,13)36(12)26-18-23(33(26,7)8)19-28(36)35(11)16-15-22-17-25(35)32(22,5)6/h14,22-28H,1,15-21H2,2-13H3. The van der Waals surface area contributed by atoms with Crippen molar-refractivity contribution in [3.05, 3.63) is 12.7 Å². The fourth-order valence-corrected chi connectivity index (χ4v) is 13.6. The Morgan fingerprint density at radius 2 is 1.26 bits per heavy atom. The summed E-state index contributed by atoms with van der Waals surface area (Å²) in [6, 6.07) is 0. The van der Waals surface area contributed by atoms with Crippen molar-refractivity contribution in [2.24, 2.45) is 73.9 Å². The normalized spacial score (nSPS) is 50.7. The molecule has 0 heterocycles. The first-order valence-corrected chi connectivity index (χ1v) is 17.1. The summed E-state index contributed by atoms with van der Waals surface area (Å²) in [5.74, 6) is 2.86. The van der Waals surface area contributed by atoms with Gasteiger partial charge in [-0.1, -0.05) is 68.9 Å². The van der Waals surface area contributed by atoms with E-state index in [-0.39, 0.29) is 33.5 Å². The summed E-state index contributed by atoms with van der Waals surface area (Å²) in [6.45, 7) is 32.0. The number of carbonyl (C=O) groups is 2. The molecule has 0 aromatic rings. The third-order valence-electron chi connectivity index (χ3n) is 16.4. The lowest BCUT2D eigenvalue weighted by molar-refractivity contribution is -0.365. The fraction of sp³-hybridized carbons (Fsp3) is 0.895. The number of ether oxygens (including phenoxy) is 2. The SMILES string of the molecule is C=CC(=O)OC1(C(=O)OC(C)(C)C)CC2CC(C2(C)C)C1(C)C1(C)C2CC(CC1C1(C)CCC3CC1C3(C)C)C2(C)C. The van der Waals surface area contributed by atoms with Crippen LogP contribution in [0, 0.1) is 73.9 Å². The summed E-state index contributed by atoms with van der Waals surface area (Å²) in [6.07, 6.45) is 9.21. The summed E-state index contributed by atoms with van der Waals surface area (Å²) in [4.78, 5) is 28.2. The molecule has 9 fully saturated rings. The van der Waals surface area contributed by atoms with E-state index in [4.69, 9.17) is 9.47 Å². The monoisotopic (exact) mass is 580 g/mol. The van der Waals surface area contributed by atoms with Gasteiger partial charge in [-0.05, 0) is 128 Å². The van der Waals surface area contributed by atoms with Gasteiger partial charge in [-0.25, -0.2) is 9.59 Å². The molecule has 9 saturated carbocycles. The van der Waals surface area contributed by atoms with Crippen molar-refractivity contribution >= 4 is 11.9 Å². The maximum atomic E-state index is 14.8. The molecule has 42 heavy (non-hydrogen) atoms. The van der Waals surface area contributed by atoms with E-state index in [1.807, 2.05) is 20.8 Å². The highest BCUT2D eigenvalue weighted by atomic mass is 16.6. The molecule has 0 aromatic heterocycles. The highest BCUT2D eigenvalue weighted by Crippen LogP contribution is 2.85. The van der Waals surface area contributed by atoms with Gasteiger partial charge in [-0.3, -0.25) is 0 Å². The van der Waals surface area contributed by atoms with Crippen molar-refractivity contribution in [1.82, 2.24) is 0 Å². The number of hydrogen-bond donors (Lipinski definition) is 0. The number of rotatable bonds is 5. The van der Waals surface area contributed by atoms with Crippen molar-refractivity contribution in [2.45, 2.75) is 139 Å². The van der Waals surface area contributed by atoms with Crippen LogP contribution < -0.4 is 0 Å². The molecule has 4 heteroatoms. The van der Waals surface area contributed by atoms with Crippen LogP contribution in [0.4, 0.5) is 0 Å². The summed E-state index contributed by atoms with van der Waals surface area (Å²) in [7, 11) is 0. The van der Waals surface area contributed by atoms with E-state index in [1.54, 1.807) is 0 Å². The molecular weight excluding hydrogens is 520 g/mol. The van der Waals surface area contributed by atoms with E-state index in [9.17, 15) is 9.59 Å². The molecule has 0 spiro atoms. The first-order chi connectivity index (χ1) is 19.0. The van der Waals surface area contributed by atoms with Crippen molar-refractivity contribution in [2.75, 3.05) is 0 Å². The maximum absolute atomic E-state index is 14.8. The summed E-state index contributed by atoms with van der Waals surface area (Å²) in [5, 5.41) is 0. The van der Waals surface area contributed by atoms with Crippen LogP contribution in [0.5, 0.6) is 0 Å². The van der Waals surface area contributed by atoms with E-state index in [0.29, 0.717) is 41.4 Å². The molecular formula is C38H60O4. The van der Waals surface area contributed by atoms with Crippen molar-refractivity contribution in [3.63, 3.8) is 0 Å². The van der Waals surface area contributed by atoms with E-state index >= 15 is 0 Å². The molecule has 0 N–H and O–H groups in total. The van der Waals surface area contributed by atoms with Crippen LogP contribution >= 0.6 is 0 Å². The molecule has 0 radical (unpaired) electrons. The summed E-state index contributed by atoms with van der Waals surface area (Å²) in [5.41, 5.74) is -2.04. The molecule has 0 aliphatic heterocycles. The molecule has 11 unspecified atom stereocenters. The minimum Gasteiger partial charge on any atom is -0.457 e. The minimum atomic E-state index is -1.34. The Hall–Kier alpha value is -1.32. The molecule has 0 saturated heterocycles. The fourth-order valence-electron chi connectivity index (χ4n) is 13.6. The van der Waals surface area contributed by atoms with Gasteiger partial charge in [0.15, 0.2) is 0 Å². The van der Waals surface area contributed by atoms with Crippen LogP contribution in [0.25, 0.3) is 0 Å². The Morgan fingerprint density at radius 3 is 1.76 bits per heavy atom. The predicted octanol–water partition coefficient (Wildman–Crippen LogP) is 9.02. The molecule has 6 bridgehead atoms. The second kappa shape index (κ2) is 8.48. The van der Waals surface area contributed by atoms with Crippen LogP contribution in [0.15, 0.2) is 12.7 Å². The third kappa shape index (κ3) is 3.37. The lowest BCUT2D eigenvalue weighted by Crippen LogP contribution is -2.82. The van der Waals surface area contributed by atoms with Gasteiger partial charge in [0, 0.05) is 17.9 Å². The molecule has 236 valence electrons. The summed E-state index contributed by atoms with van der Waals surface area (Å²) < 4.78 is 12.9. The molecule has 11 atom stereocenters. The van der Waals surface area contributed by atoms with Crippen LogP contribution in [-0.2, 0) is 19.1 Å². The van der Waals surface area contributed by atoms with E-state index in [1.165, 1.54) is 38.2 Å². The third-order valence-corrected chi connectivity index (χ3v) is 16.4. The van der Waals surface area contributed by atoms with Gasteiger partial charge in [-0.2, -0.15) is 0 Å². The van der Waals surface area contributed by atoms with Crippen LogP contribution in [-0.4, -0.2) is 23.1 Å². The smallest absolute Gasteiger partial charge is 0.351 e. The number of hydrogen-bond acceptors (Lipinski definition) is 4. The van der Waals surface area contributed by atoms with Crippen molar-refractivity contribution < 1.29 is 19.1 Å². The first-order valence-electron chi connectivity index (χ1n) is 17.1. The highest BCUT2D eigenvalue weighted by Gasteiger charge is 2.84. The molecule has 9 aliphatic rings. The van der Waals surface area contributed by atoms with Crippen LogP contribution in [0.1, 0.15) is 128 Å². The minimum absolute atomic E-state index is 0.0629. The van der Waals surface area contributed by atoms with Crippen LogP contribution in [0.2, 0.25) is 0 Å². The lowest BCUT2D eigenvalue weighted by Gasteiger charge is -2.82. The van der Waals surface area contributed by atoms with Gasteiger partial charge in [0.2, 0.25) is 5.60 Å². The highest BCUT2D eigenvalue weighted by molar-refractivity contribution is 5.89. The summed E-state index contributed by atoms with van der Waals surface area (Å²) >= 11 is 0. The second-order valence-corrected chi connectivity index (χ2v) is 19.4.